The average molecular weight is 253 g/mol. The first-order valence-corrected chi connectivity index (χ1v) is 5.58. The molecule has 1 aromatic carbocycles. The summed E-state index contributed by atoms with van der Waals surface area (Å²) in [7, 11) is 1.32. The Morgan fingerprint density at radius 3 is 2.39 bits per heavy atom. The van der Waals surface area contributed by atoms with E-state index < -0.39 is 10.9 Å². The van der Waals surface area contributed by atoms with E-state index in [-0.39, 0.29) is 17.0 Å². The second-order valence-corrected chi connectivity index (χ2v) is 3.71. The van der Waals surface area contributed by atoms with Crippen LogP contribution in [-0.4, -0.2) is 23.1 Å². The Hall–Kier alpha value is -2.11. The zero-order chi connectivity index (χ0) is 13.9. The highest BCUT2D eigenvalue weighted by Crippen LogP contribution is 2.35. The van der Waals surface area contributed by atoms with Crippen LogP contribution in [0.3, 0.4) is 0 Å². The number of nitro benzene ring substituents is 1. The fourth-order valence-corrected chi connectivity index (χ4v) is 1.98. The number of aromatic carboxylic acids is 1. The summed E-state index contributed by atoms with van der Waals surface area (Å²) in [6, 6.07) is 1.32. The zero-order valence-corrected chi connectivity index (χ0v) is 10.5. The van der Waals surface area contributed by atoms with Crippen LogP contribution in [-0.2, 0) is 12.8 Å². The number of nitrogens with zero attached hydrogens (tertiary/aromatic N) is 1. The van der Waals surface area contributed by atoms with Crippen LogP contribution in [0.4, 0.5) is 5.69 Å². The van der Waals surface area contributed by atoms with Gasteiger partial charge in [0.1, 0.15) is 11.3 Å². The Morgan fingerprint density at radius 2 is 2.06 bits per heavy atom. The van der Waals surface area contributed by atoms with Gasteiger partial charge in [-0.25, -0.2) is 4.79 Å². The quantitative estimate of drug-likeness (QED) is 0.642. The van der Waals surface area contributed by atoms with Gasteiger partial charge in [0.2, 0.25) is 0 Å². The number of carbonyl (C=O) groups is 1. The minimum Gasteiger partial charge on any atom is -0.495 e. The van der Waals surface area contributed by atoms with Crippen LogP contribution in [0.15, 0.2) is 6.07 Å². The summed E-state index contributed by atoms with van der Waals surface area (Å²) < 4.78 is 5.08. The standard InChI is InChI=1S/C12H15NO5/c1-4-7-6-9(13(16)17)8(5-2)11(18-3)10(7)12(14)15/h6H,4-5H2,1-3H3,(H,14,15). The number of methoxy groups -OCH3 is 1. The molecule has 6 nitrogen and oxygen atoms in total. The van der Waals surface area contributed by atoms with Crippen molar-refractivity contribution in [3.63, 3.8) is 0 Å². The number of ether oxygens (including phenoxy) is 1. The largest absolute Gasteiger partial charge is 0.495 e. The second-order valence-electron chi connectivity index (χ2n) is 3.71. The minimum atomic E-state index is -1.13. The van der Waals surface area contributed by atoms with Gasteiger partial charge in [0.25, 0.3) is 5.69 Å². The topological polar surface area (TPSA) is 89.7 Å². The second kappa shape index (κ2) is 5.48. The lowest BCUT2D eigenvalue weighted by Gasteiger charge is -2.14. The number of aryl methyl sites for hydroxylation is 1. The van der Waals surface area contributed by atoms with Crippen LogP contribution in [0, 0.1) is 10.1 Å². The Bertz CT molecular complexity index is 496. The van der Waals surface area contributed by atoms with Crippen molar-refractivity contribution in [1.82, 2.24) is 0 Å². The molecule has 6 heteroatoms. The fraction of sp³-hybridized carbons (Fsp3) is 0.417. The third-order valence-corrected chi connectivity index (χ3v) is 2.79. The van der Waals surface area contributed by atoms with Gasteiger partial charge in [0.15, 0.2) is 0 Å². The maximum atomic E-state index is 11.3. The first-order chi connectivity index (χ1) is 8.47. The molecule has 0 amide bonds. The minimum absolute atomic E-state index is 0.0162. The van der Waals surface area contributed by atoms with E-state index in [2.05, 4.69) is 0 Å². The van der Waals surface area contributed by atoms with Gasteiger partial charge in [-0.15, -0.1) is 0 Å². The molecular weight excluding hydrogens is 238 g/mol. The molecule has 0 unspecified atom stereocenters. The molecule has 1 N–H and O–H groups in total. The third kappa shape index (κ3) is 2.27. The molecule has 0 fully saturated rings. The molecule has 0 atom stereocenters. The summed E-state index contributed by atoms with van der Waals surface area (Å²) in [6.07, 6.45) is 0.729. The fourth-order valence-electron chi connectivity index (χ4n) is 1.98. The van der Waals surface area contributed by atoms with Crippen LogP contribution in [0.1, 0.15) is 35.3 Å². The van der Waals surface area contributed by atoms with Crippen molar-refractivity contribution >= 4 is 11.7 Å². The van der Waals surface area contributed by atoms with Crippen LogP contribution in [0.25, 0.3) is 0 Å². The Labute approximate surface area is 104 Å². The molecule has 0 aliphatic rings. The number of carboxylic acids is 1. The van der Waals surface area contributed by atoms with E-state index in [4.69, 9.17) is 4.74 Å². The molecule has 0 bridgehead atoms. The average Bonchev–Trinajstić information content (AvgIpc) is 2.35. The lowest BCUT2D eigenvalue weighted by atomic mass is 9.97. The van der Waals surface area contributed by atoms with Gasteiger partial charge in [0.05, 0.1) is 17.6 Å². The SMILES string of the molecule is CCc1cc([N+](=O)[O-])c(CC)c(OC)c1C(=O)O. The first kappa shape index (κ1) is 14.0. The van der Waals surface area contributed by atoms with Crippen molar-refractivity contribution in [3.05, 3.63) is 32.9 Å². The number of nitro groups is 1. The number of carboxylic acid groups (broad SMARTS) is 1. The van der Waals surface area contributed by atoms with Gasteiger partial charge in [-0.3, -0.25) is 10.1 Å². The van der Waals surface area contributed by atoms with Crippen LogP contribution >= 0.6 is 0 Å². The molecule has 0 aliphatic heterocycles. The normalized spacial score (nSPS) is 10.2. The van der Waals surface area contributed by atoms with Gasteiger partial charge in [0, 0.05) is 6.07 Å². The van der Waals surface area contributed by atoms with Crippen LogP contribution < -0.4 is 4.74 Å². The lowest BCUT2D eigenvalue weighted by Crippen LogP contribution is -2.09. The summed E-state index contributed by atoms with van der Waals surface area (Å²) in [4.78, 5) is 21.8. The molecule has 1 aromatic rings. The molecule has 0 heterocycles. The van der Waals surface area contributed by atoms with Gasteiger partial charge < -0.3 is 9.84 Å². The Balaban J connectivity index is 3.73. The van der Waals surface area contributed by atoms with Crippen molar-refractivity contribution in [2.24, 2.45) is 0 Å². The monoisotopic (exact) mass is 253 g/mol. The van der Waals surface area contributed by atoms with E-state index in [0.717, 1.165) is 0 Å². The van der Waals surface area contributed by atoms with Crippen LogP contribution in [0.2, 0.25) is 0 Å². The van der Waals surface area contributed by atoms with Crippen molar-refractivity contribution in [3.8, 4) is 5.75 Å². The smallest absolute Gasteiger partial charge is 0.339 e. The van der Waals surface area contributed by atoms with Crippen molar-refractivity contribution in [1.29, 1.82) is 0 Å². The Morgan fingerprint density at radius 1 is 1.44 bits per heavy atom. The van der Waals surface area contributed by atoms with Gasteiger partial charge in [-0.2, -0.15) is 0 Å². The maximum Gasteiger partial charge on any atom is 0.339 e. The molecule has 18 heavy (non-hydrogen) atoms. The summed E-state index contributed by atoms with van der Waals surface area (Å²) in [5.41, 5.74) is 0.652. The zero-order valence-electron chi connectivity index (χ0n) is 10.5. The molecule has 0 spiro atoms. The molecule has 0 saturated carbocycles. The molecule has 98 valence electrons. The van der Waals surface area contributed by atoms with E-state index in [9.17, 15) is 20.0 Å². The molecular formula is C12H15NO5. The lowest BCUT2D eigenvalue weighted by molar-refractivity contribution is -0.385. The number of rotatable bonds is 5. The number of hydrogen-bond acceptors (Lipinski definition) is 4. The highest BCUT2D eigenvalue weighted by molar-refractivity contribution is 5.94. The predicted molar refractivity (Wildman–Crippen MR) is 65.4 cm³/mol. The molecule has 0 aliphatic carbocycles. The maximum absolute atomic E-state index is 11.3. The summed E-state index contributed by atoms with van der Waals surface area (Å²) in [6.45, 7) is 3.47. The van der Waals surface area contributed by atoms with Crippen molar-refractivity contribution in [2.45, 2.75) is 26.7 Å². The summed E-state index contributed by atoms with van der Waals surface area (Å²) >= 11 is 0. The van der Waals surface area contributed by atoms with Gasteiger partial charge in [-0.1, -0.05) is 13.8 Å². The van der Waals surface area contributed by atoms with E-state index >= 15 is 0 Å². The first-order valence-electron chi connectivity index (χ1n) is 5.58. The van der Waals surface area contributed by atoms with Gasteiger partial charge in [-0.05, 0) is 18.4 Å². The highest BCUT2D eigenvalue weighted by Gasteiger charge is 2.26. The van der Waals surface area contributed by atoms with E-state index in [1.807, 2.05) is 0 Å². The van der Waals surface area contributed by atoms with Crippen molar-refractivity contribution in [2.75, 3.05) is 7.11 Å². The molecule has 0 radical (unpaired) electrons. The van der Waals surface area contributed by atoms with E-state index in [1.165, 1.54) is 13.2 Å². The van der Waals surface area contributed by atoms with Crippen LogP contribution in [0.5, 0.6) is 5.75 Å². The highest BCUT2D eigenvalue weighted by atomic mass is 16.6. The third-order valence-electron chi connectivity index (χ3n) is 2.79. The molecule has 0 aromatic heterocycles. The van der Waals surface area contributed by atoms with Gasteiger partial charge >= 0.3 is 5.97 Å². The predicted octanol–water partition coefficient (Wildman–Crippen LogP) is 2.43. The van der Waals surface area contributed by atoms with E-state index in [0.29, 0.717) is 24.0 Å². The van der Waals surface area contributed by atoms with E-state index in [1.54, 1.807) is 13.8 Å². The van der Waals surface area contributed by atoms with Crippen molar-refractivity contribution < 1.29 is 19.6 Å². The molecule has 0 saturated heterocycles. The number of hydrogen-bond donors (Lipinski definition) is 1. The Kier molecular flexibility index (Phi) is 4.25. The molecule has 1 rings (SSSR count). The summed E-state index contributed by atoms with van der Waals surface area (Å²) in [5.74, 6) is -1.04. The number of benzene rings is 1. The summed E-state index contributed by atoms with van der Waals surface area (Å²) in [5, 5.41) is 20.2.